The number of halogens is 2. The second kappa shape index (κ2) is 4.36. The van der Waals surface area contributed by atoms with Gasteiger partial charge >= 0.3 is 11.2 Å². The number of hydrogen-bond acceptors (Lipinski definition) is 3. The summed E-state index contributed by atoms with van der Waals surface area (Å²) in [7, 11) is 0. The normalized spacial score (nSPS) is 11.1. The molecule has 0 saturated heterocycles. The third-order valence-corrected chi connectivity index (χ3v) is 4.05. The highest BCUT2D eigenvalue weighted by atomic mass is 79.9. The van der Waals surface area contributed by atoms with Crippen LogP contribution in [0.1, 0.15) is 0 Å². The molecule has 1 N–H and O–H groups in total. The first-order valence-electron chi connectivity index (χ1n) is 5.22. The molecule has 3 aromatic rings. The van der Waals surface area contributed by atoms with Gasteiger partial charge in [0.15, 0.2) is 0 Å². The maximum atomic E-state index is 12.3. The minimum atomic E-state index is -0.454. The van der Waals surface area contributed by atoms with E-state index in [0.717, 1.165) is 4.40 Å². The van der Waals surface area contributed by atoms with E-state index < -0.39 is 11.2 Å². The third-order valence-electron chi connectivity index (χ3n) is 2.67. The van der Waals surface area contributed by atoms with Gasteiger partial charge in [-0.05, 0) is 28.1 Å². The number of aromatic amines is 1. The van der Waals surface area contributed by atoms with Crippen molar-refractivity contribution >= 4 is 33.2 Å². The number of benzene rings is 1. The summed E-state index contributed by atoms with van der Waals surface area (Å²) in [5.74, 6) is 0. The van der Waals surface area contributed by atoms with Gasteiger partial charge in [0.25, 0.3) is 0 Å². The van der Waals surface area contributed by atoms with Gasteiger partial charge in [0, 0.05) is 12.4 Å². The zero-order chi connectivity index (χ0) is 13.6. The summed E-state index contributed by atoms with van der Waals surface area (Å²) in [6.45, 7) is 0. The SMILES string of the molecule is O=c1c2n[nH]c(=O)n2ccn1-c1cccc(Cl)c1Br. The highest BCUT2D eigenvalue weighted by Crippen LogP contribution is 2.27. The van der Waals surface area contributed by atoms with Crippen LogP contribution >= 0.6 is 27.5 Å². The Bertz CT molecular complexity index is 896. The van der Waals surface area contributed by atoms with Crippen molar-refractivity contribution in [3.05, 3.63) is 60.9 Å². The molecule has 8 heteroatoms. The molecule has 2 heterocycles. The van der Waals surface area contributed by atoms with Crippen molar-refractivity contribution in [2.45, 2.75) is 0 Å². The summed E-state index contributed by atoms with van der Waals surface area (Å²) in [5.41, 5.74) is -0.261. The van der Waals surface area contributed by atoms with Crippen LogP contribution in [0.5, 0.6) is 0 Å². The Morgan fingerprint density at radius 1 is 1.26 bits per heavy atom. The van der Waals surface area contributed by atoms with Gasteiger partial charge in [-0.25, -0.2) is 14.3 Å². The summed E-state index contributed by atoms with van der Waals surface area (Å²) < 4.78 is 3.11. The molecule has 2 aromatic heterocycles. The molecular formula is C11H6BrClN4O2. The van der Waals surface area contributed by atoms with Gasteiger partial charge in [-0.3, -0.25) is 9.36 Å². The Balaban J connectivity index is 2.38. The molecule has 0 bridgehead atoms. The Labute approximate surface area is 119 Å². The zero-order valence-corrected chi connectivity index (χ0v) is 11.6. The molecule has 6 nitrogen and oxygen atoms in total. The van der Waals surface area contributed by atoms with E-state index in [-0.39, 0.29) is 5.65 Å². The van der Waals surface area contributed by atoms with Crippen LogP contribution in [-0.2, 0) is 0 Å². The smallest absolute Gasteiger partial charge is 0.278 e. The van der Waals surface area contributed by atoms with Crippen molar-refractivity contribution in [1.82, 2.24) is 19.2 Å². The molecule has 0 spiro atoms. The van der Waals surface area contributed by atoms with E-state index in [2.05, 4.69) is 26.1 Å². The summed E-state index contributed by atoms with van der Waals surface area (Å²) in [5, 5.41) is 6.42. The molecule has 0 unspecified atom stereocenters. The third kappa shape index (κ3) is 1.82. The lowest BCUT2D eigenvalue weighted by atomic mass is 10.3. The average Bonchev–Trinajstić information content (AvgIpc) is 2.77. The largest absolute Gasteiger partial charge is 0.347 e. The second-order valence-corrected chi connectivity index (χ2v) is 4.97. The molecule has 1 aromatic carbocycles. The topological polar surface area (TPSA) is 72.2 Å². The Morgan fingerprint density at radius 3 is 2.84 bits per heavy atom. The quantitative estimate of drug-likeness (QED) is 0.730. The predicted molar refractivity (Wildman–Crippen MR) is 74.1 cm³/mol. The first kappa shape index (κ1) is 12.2. The second-order valence-electron chi connectivity index (χ2n) is 3.77. The summed E-state index contributed by atoms with van der Waals surface area (Å²) in [6.07, 6.45) is 2.96. The minimum absolute atomic E-state index is 0.0272. The molecule has 0 atom stereocenters. The molecule has 0 amide bonds. The zero-order valence-electron chi connectivity index (χ0n) is 9.30. The Morgan fingerprint density at radius 2 is 2.05 bits per heavy atom. The van der Waals surface area contributed by atoms with Crippen molar-refractivity contribution in [3.63, 3.8) is 0 Å². The van der Waals surface area contributed by atoms with Gasteiger partial charge in [-0.1, -0.05) is 17.7 Å². The van der Waals surface area contributed by atoms with E-state index in [4.69, 9.17) is 11.6 Å². The first-order chi connectivity index (χ1) is 9.09. The number of fused-ring (bicyclic) bond motifs is 1. The van der Waals surface area contributed by atoms with Crippen LogP contribution in [0, 0.1) is 0 Å². The van der Waals surface area contributed by atoms with E-state index in [1.54, 1.807) is 18.2 Å². The van der Waals surface area contributed by atoms with Gasteiger partial charge in [0.2, 0.25) is 5.65 Å². The Hall–Kier alpha value is -1.86. The van der Waals surface area contributed by atoms with Gasteiger partial charge < -0.3 is 0 Å². The molecule has 96 valence electrons. The number of nitrogens with one attached hydrogen (secondary N) is 1. The van der Waals surface area contributed by atoms with Crippen LogP contribution in [0.3, 0.4) is 0 Å². The van der Waals surface area contributed by atoms with E-state index >= 15 is 0 Å². The van der Waals surface area contributed by atoms with Crippen LogP contribution in [-0.4, -0.2) is 19.2 Å². The van der Waals surface area contributed by atoms with Gasteiger partial charge in [0.1, 0.15) is 0 Å². The molecule has 3 rings (SSSR count). The number of hydrogen-bond donors (Lipinski definition) is 1. The Kier molecular flexibility index (Phi) is 2.79. The van der Waals surface area contributed by atoms with E-state index in [1.807, 2.05) is 0 Å². The first-order valence-corrected chi connectivity index (χ1v) is 6.39. The lowest BCUT2D eigenvalue weighted by Crippen LogP contribution is -2.22. The molecule has 0 aliphatic carbocycles. The van der Waals surface area contributed by atoms with Crippen LogP contribution in [0.15, 0.2) is 44.7 Å². The summed E-state index contributed by atoms with van der Waals surface area (Å²) >= 11 is 9.33. The maximum Gasteiger partial charge on any atom is 0.347 e. The highest BCUT2D eigenvalue weighted by molar-refractivity contribution is 9.10. The predicted octanol–water partition coefficient (Wildman–Crippen LogP) is 1.59. The van der Waals surface area contributed by atoms with Crippen LogP contribution < -0.4 is 11.2 Å². The van der Waals surface area contributed by atoms with E-state index in [0.29, 0.717) is 15.2 Å². The molecular weight excluding hydrogens is 336 g/mol. The van der Waals surface area contributed by atoms with Crippen LogP contribution in [0.25, 0.3) is 11.3 Å². The van der Waals surface area contributed by atoms with Crippen molar-refractivity contribution < 1.29 is 0 Å². The molecule has 0 aliphatic heterocycles. The molecule has 0 saturated carbocycles. The highest BCUT2D eigenvalue weighted by Gasteiger charge is 2.11. The van der Waals surface area contributed by atoms with Crippen LogP contribution in [0.2, 0.25) is 5.02 Å². The lowest BCUT2D eigenvalue weighted by Gasteiger charge is -2.08. The molecule has 19 heavy (non-hydrogen) atoms. The van der Waals surface area contributed by atoms with Gasteiger partial charge in [0.05, 0.1) is 15.2 Å². The van der Waals surface area contributed by atoms with Gasteiger partial charge in [-0.2, -0.15) is 0 Å². The number of rotatable bonds is 1. The summed E-state index contributed by atoms with van der Waals surface area (Å²) in [4.78, 5) is 23.6. The van der Waals surface area contributed by atoms with E-state index in [1.165, 1.54) is 17.0 Å². The monoisotopic (exact) mass is 340 g/mol. The van der Waals surface area contributed by atoms with Crippen molar-refractivity contribution in [2.24, 2.45) is 0 Å². The standard InChI is InChI=1S/C11H6BrClN4O2/c12-8-6(13)2-1-3-7(8)16-4-5-17-9(10(16)18)14-15-11(17)19/h1-5H,(H,15,19). The lowest BCUT2D eigenvalue weighted by molar-refractivity contribution is 0.936. The minimum Gasteiger partial charge on any atom is -0.278 e. The number of H-pyrrole nitrogens is 1. The fourth-order valence-corrected chi connectivity index (χ4v) is 2.40. The summed E-state index contributed by atoms with van der Waals surface area (Å²) in [6, 6.07) is 5.17. The molecule has 0 radical (unpaired) electrons. The number of aromatic nitrogens is 4. The molecule has 0 aliphatic rings. The molecule has 0 fully saturated rings. The van der Waals surface area contributed by atoms with Crippen molar-refractivity contribution in [1.29, 1.82) is 0 Å². The fraction of sp³-hybridized carbons (Fsp3) is 0. The number of nitrogens with zero attached hydrogens (tertiary/aromatic N) is 3. The van der Waals surface area contributed by atoms with E-state index in [9.17, 15) is 9.59 Å². The average molecular weight is 342 g/mol. The maximum absolute atomic E-state index is 12.3. The van der Waals surface area contributed by atoms with Crippen molar-refractivity contribution in [2.75, 3.05) is 0 Å². The van der Waals surface area contributed by atoms with Crippen LogP contribution in [0.4, 0.5) is 0 Å². The van der Waals surface area contributed by atoms with Crippen molar-refractivity contribution in [3.8, 4) is 5.69 Å². The van der Waals surface area contributed by atoms with Gasteiger partial charge in [-0.15, -0.1) is 5.10 Å². The fourth-order valence-electron chi connectivity index (χ4n) is 1.77.